The van der Waals surface area contributed by atoms with Gasteiger partial charge in [-0.25, -0.2) is 9.55 Å². The number of H-pyrrole nitrogens is 1. The van der Waals surface area contributed by atoms with Gasteiger partial charge < -0.3 is 34.8 Å². The van der Waals surface area contributed by atoms with Crippen molar-refractivity contribution in [3.63, 3.8) is 0 Å². The van der Waals surface area contributed by atoms with Crippen LogP contribution in [0.1, 0.15) is 51.2 Å². The summed E-state index contributed by atoms with van der Waals surface area (Å²) in [6, 6.07) is 0. The largest absolute Gasteiger partial charge is 0.474 e. The number of carbonyl (C=O) groups excluding carboxylic acids is 3. The van der Waals surface area contributed by atoms with Crippen molar-refractivity contribution in [1.82, 2.24) is 29.7 Å². The van der Waals surface area contributed by atoms with Crippen molar-refractivity contribution >= 4 is 62.7 Å². The van der Waals surface area contributed by atoms with Gasteiger partial charge in [-0.3, -0.25) is 47.2 Å². The molecule has 0 spiro atoms. The van der Waals surface area contributed by atoms with Gasteiger partial charge in [0.15, 0.2) is 18.0 Å². The number of anilines is 1. The molecule has 0 bridgehead atoms. The summed E-state index contributed by atoms with van der Waals surface area (Å²) in [6.07, 6.45) is 1.66. The number of imide groups is 1. The molecule has 2 aromatic heterocycles. The summed E-state index contributed by atoms with van der Waals surface area (Å²) in [5.74, 6) is -0.267. The average molecular weight is 740 g/mol. The summed E-state index contributed by atoms with van der Waals surface area (Å²) in [6.45, 7) is -0.872. The van der Waals surface area contributed by atoms with Crippen molar-refractivity contribution in [2.24, 2.45) is 0 Å². The number of nitrogens with two attached hydrogens (primary N) is 1. The topological polar surface area (TPSA) is 277 Å². The summed E-state index contributed by atoms with van der Waals surface area (Å²) in [5, 5.41) is 2.01. The molecule has 0 radical (unpaired) electrons. The number of likely N-dealkylation sites (tertiary alicyclic amines) is 1. The highest BCUT2D eigenvalue weighted by molar-refractivity contribution is 8.00. The maximum Gasteiger partial charge on any atom is 0.474 e. The molecule has 2 saturated heterocycles. The highest BCUT2D eigenvalue weighted by Crippen LogP contribution is 2.43. The maximum atomic E-state index is 12.5. The molecule has 2 fully saturated rings. The third-order valence-corrected chi connectivity index (χ3v) is 10.2. The number of nitrogen functional groups attached to an aromatic ring is 1. The quantitative estimate of drug-likeness (QED) is 0.0532. The van der Waals surface area contributed by atoms with Gasteiger partial charge in [0.1, 0.15) is 12.3 Å². The molecule has 0 saturated carbocycles. The molecule has 0 aromatic carbocycles. The van der Waals surface area contributed by atoms with Crippen molar-refractivity contribution in [3.8, 4) is 0 Å². The third-order valence-electron chi connectivity index (χ3n) is 7.43. The minimum absolute atomic E-state index is 0.0201. The molecule has 23 heteroatoms. The van der Waals surface area contributed by atoms with Crippen molar-refractivity contribution in [1.29, 1.82) is 0 Å². The monoisotopic (exact) mass is 739 g/mol. The number of carbonyl (C=O) groups is 3. The summed E-state index contributed by atoms with van der Waals surface area (Å²) >= 11 is 1.40. The van der Waals surface area contributed by atoms with Crippen molar-refractivity contribution < 1.29 is 56.3 Å². The number of phosphoric ester groups is 1. The van der Waals surface area contributed by atoms with Crippen LogP contribution in [0.2, 0.25) is 0 Å². The second-order valence-corrected chi connectivity index (χ2v) is 14.3. The molecular formula is C25H39N7O13P2S. The minimum atomic E-state index is -4.44. The molecule has 2 aromatic rings. The molecular weight excluding hydrogens is 700 g/mol. The number of nitrogens with one attached hydrogen (secondary N) is 2. The number of aromatic nitrogens is 4. The Morgan fingerprint density at radius 1 is 1.27 bits per heavy atom. The van der Waals surface area contributed by atoms with E-state index < -0.39 is 52.1 Å². The lowest BCUT2D eigenvalue weighted by Gasteiger charge is -2.18. The van der Waals surface area contributed by atoms with Crippen molar-refractivity contribution in [2.45, 2.75) is 68.6 Å². The fourth-order valence-corrected chi connectivity index (χ4v) is 7.39. The number of aromatic amines is 1. The van der Waals surface area contributed by atoms with Crippen molar-refractivity contribution in [2.75, 3.05) is 45.1 Å². The normalized spacial score (nSPS) is 23.2. The number of imidazole rings is 1. The molecule has 6 atom stereocenters. The van der Waals surface area contributed by atoms with Crippen LogP contribution in [0.5, 0.6) is 0 Å². The Morgan fingerprint density at radius 3 is 2.79 bits per heavy atom. The first-order valence-corrected chi connectivity index (χ1v) is 18.8. The van der Waals surface area contributed by atoms with Gasteiger partial charge in [-0.2, -0.15) is 4.98 Å². The smallest absolute Gasteiger partial charge is 0.369 e. The number of nitrogens with zero attached hydrogens (tertiary/aromatic N) is 4. The molecule has 2 aliphatic heterocycles. The zero-order valence-corrected chi connectivity index (χ0v) is 28.7. The average Bonchev–Trinajstić information content (AvgIpc) is 3.70. The number of hydrogen-bond donors (Lipinski definition) is 5. The van der Waals surface area contributed by atoms with Crippen LogP contribution >= 0.6 is 27.8 Å². The SMILES string of the molecule is CNC(=O)CCN1C(=O)CC(SCCCCCCOP(=O)(O)OCOC[C@H]2O[C@@H](n3cnc4c(=O)[nH]c(N)nc43)C[C@@H]2O[PH](=O)O)C1=O. The predicted octanol–water partition coefficient (Wildman–Crippen LogP) is 0.421. The molecule has 2 aliphatic rings. The number of phosphoric acid groups is 1. The van der Waals surface area contributed by atoms with Gasteiger partial charge in [0.25, 0.3) is 5.56 Å². The zero-order valence-electron chi connectivity index (χ0n) is 26.0. The highest BCUT2D eigenvalue weighted by atomic mass is 32.2. The van der Waals surface area contributed by atoms with Gasteiger partial charge in [-0.1, -0.05) is 12.8 Å². The molecule has 3 unspecified atom stereocenters. The van der Waals surface area contributed by atoms with E-state index in [0.717, 1.165) is 17.7 Å². The molecule has 6 N–H and O–H groups in total. The van der Waals surface area contributed by atoms with E-state index in [0.29, 0.717) is 18.6 Å². The highest BCUT2D eigenvalue weighted by Gasteiger charge is 2.40. The molecule has 4 heterocycles. The van der Waals surface area contributed by atoms with Crippen LogP contribution in [0.15, 0.2) is 11.1 Å². The number of amides is 3. The van der Waals surface area contributed by atoms with Crippen LogP contribution in [0.25, 0.3) is 11.2 Å². The second-order valence-electron chi connectivity index (χ2n) is 10.8. The minimum Gasteiger partial charge on any atom is -0.369 e. The molecule has 48 heavy (non-hydrogen) atoms. The van der Waals surface area contributed by atoms with E-state index in [4.69, 9.17) is 28.8 Å². The Bertz CT molecular complexity index is 1580. The molecule has 4 rings (SSSR count). The number of ether oxygens (including phenoxy) is 2. The molecule has 20 nitrogen and oxygen atoms in total. The predicted molar refractivity (Wildman–Crippen MR) is 170 cm³/mol. The van der Waals surface area contributed by atoms with E-state index in [1.807, 2.05) is 0 Å². The van der Waals surface area contributed by atoms with E-state index in [1.54, 1.807) is 0 Å². The fourth-order valence-electron chi connectivity index (χ4n) is 5.05. The molecule has 0 aliphatic carbocycles. The Morgan fingerprint density at radius 2 is 2.04 bits per heavy atom. The Balaban J connectivity index is 1.10. The van der Waals surface area contributed by atoms with E-state index >= 15 is 0 Å². The molecule has 268 valence electrons. The van der Waals surface area contributed by atoms with Gasteiger partial charge in [0, 0.05) is 32.9 Å². The summed E-state index contributed by atoms with van der Waals surface area (Å²) in [4.78, 5) is 78.9. The number of hydrogen-bond acceptors (Lipinski definition) is 15. The van der Waals surface area contributed by atoms with Gasteiger partial charge in [0.05, 0.1) is 30.9 Å². The van der Waals surface area contributed by atoms with Gasteiger partial charge >= 0.3 is 16.1 Å². The standard InChI is InChI=1S/C25H39N7O13P2S/c1-27-18(33)6-7-31-19(34)11-17(24(31)36)48-9-5-3-2-4-8-42-47(39,40)43-14-41-12-16-15(45-46(37)38)10-20(44-16)32-13-28-21-22(32)29-25(26)30-23(21)35/h13,15-17,20,46H,2-12,14H2,1H3,(H,27,33)(H,37,38)(H,39,40)(H3,26,29,30,35)/t15-,16+,17?,20+/m0/s1. The first kappa shape index (κ1) is 38.1. The number of unbranched alkanes of at least 4 members (excludes halogenated alkanes) is 3. The van der Waals surface area contributed by atoms with Crippen LogP contribution in [0, 0.1) is 0 Å². The Kier molecular flexibility index (Phi) is 14.1. The first-order valence-electron chi connectivity index (χ1n) is 15.0. The second kappa shape index (κ2) is 17.8. The molecule has 3 amide bonds. The van der Waals surface area contributed by atoms with E-state index in [2.05, 4.69) is 20.3 Å². The van der Waals surface area contributed by atoms with Crippen LogP contribution in [-0.4, -0.2) is 109 Å². The Hall–Kier alpha value is -2.71. The summed E-state index contributed by atoms with van der Waals surface area (Å²) < 4.78 is 51.2. The zero-order chi connectivity index (χ0) is 34.8. The summed E-state index contributed by atoms with van der Waals surface area (Å²) in [7, 11) is -6.31. The lowest BCUT2D eigenvalue weighted by molar-refractivity contribution is -0.138. The number of rotatable bonds is 20. The fraction of sp³-hybridized carbons (Fsp3) is 0.680. The van der Waals surface area contributed by atoms with E-state index in [9.17, 15) is 38.1 Å². The lowest BCUT2D eigenvalue weighted by atomic mass is 10.2. The maximum absolute atomic E-state index is 12.5. The van der Waals surface area contributed by atoms with Crippen molar-refractivity contribution in [3.05, 3.63) is 16.7 Å². The van der Waals surface area contributed by atoms with Crippen LogP contribution < -0.4 is 16.6 Å². The number of thioether (sulfide) groups is 1. The van der Waals surface area contributed by atoms with Gasteiger partial charge in [-0.05, 0) is 18.6 Å². The van der Waals surface area contributed by atoms with Crippen LogP contribution in [0.3, 0.4) is 0 Å². The summed E-state index contributed by atoms with van der Waals surface area (Å²) in [5.41, 5.74) is 5.25. The third kappa shape index (κ3) is 10.6. The Labute approximate surface area is 278 Å². The number of fused-ring (bicyclic) bond motifs is 1. The van der Waals surface area contributed by atoms with Crippen LogP contribution in [-0.2, 0) is 46.6 Å². The van der Waals surface area contributed by atoms with E-state index in [-0.39, 0.29) is 73.9 Å². The first-order chi connectivity index (χ1) is 22.9. The van der Waals surface area contributed by atoms with Gasteiger partial charge in [0.2, 0.25) is 23.7 Å². The van der Waals surface area contributed by atoms with Crippen LogP contribution in [0.4, 0.5) is 5.95 Å². The lowest BCUT2D eigenvalue weighted by Crippen LogP contribution is -2.34. The van der Waals surface area contributed by atoms with E-state index in [1.165, 1.54) is 29.7 Å². The van der Waals surface area contributed by atoms with Gasteiger partial charge in [-0.15, -0.1) is 11.8 Å².